The molecule has 4 nitrogen and oxygen atoms in total. The fraction of sp³-hybridized carbons (Fsp3) is 0.867. The van der Waals surface area contributed by atoms with E-state index in [2.05, 4.69) is 0 Å². The highest BCUT2D eigenvalue weighted by Gasteiger charge is 2.46. The lowest BCUT2D eigenvalue weighted by Crippen LogP contribution is -2.58. The van der Waals surface area contributed by atoms with E-state index in [-0.39, 0.29) is 17.9 Å². The molecule has 4 aliphatic rings. The maximum atomic E-state index is 12.5. The molecule has 2 aliphatic carbocycles. The second-order valence-corrected chi connectivity index (χ2v) is 6.80. The maximum Gasteiger partial charge on any atom is 0.245 e. The molecule has 1 atom stereocenters. The summed E-state index contributed by atoms with van der Waals surface area (Å²) in [4.78, 5) is 28.3. The topological polar surface area (TPSA) is 40.6 Å². The first-order valence-electron chi connectivity index (χ1n) is 7.82. The van der Waals surface area contributed by atoms with Crippen LogP contribution in [0.5, 0.6) is 0 Å². The van der Waals surface area contributed by atoms with Crippen LogP contribution in [-0.2, 0) is 9.59 Å². The maximum absolute atomic E-state index is 12.5. The van der Waals surface area contributed by atoms with Crippen molar-refractivity contribution >= 4 is 11.8 Å². The molecule has 4 rings (SSSR count). The first-order valence-corrected chi connectivity index (χ1v) is 7.82. The number of carbonyl (C=O) groups excluding carboxylic acids is 2. The van der Waals surface area contributed by atoms with E-state index < -0.39 is 0 Å². The normalized spacial score (nSPS) is 31.3. The van der Waals surface area contributed by atoms with Crippen molar-refractivity contribution in [1.29, 1.82) is 0 Å². The molecule has 104 valence electrons. The summed E-state index contributed by atoms with van der Waals surface area (Å²) in [6.07, 6.45) is 7.22. The van der Waals surface area contributed by atoms with Crippen LogP contribution < -0.4 is 0 Å². The Morgan fingerprint density at radius 2 is 1.74 bits per heavy atom. The van der Waals surface area contributed by atoms with Crippen molar-refractivity contribution in [2.45, 2.75) is 44.6 Å². The van der Waals surface area contributed by atoms with Crippen LogP contribution in [0, 0.1) is 17.8 Å². The van der Waals surface area contributed by atoms with Gasteiger partial charge in [-0.3, -0.25) is 9.59 Å². The van der Waals surface area contributed by atoms with Crippen LogP contribution in [0.25, 0.3) is 0 Å². The van der Waals surface area contributed by atoms with Gasteiger partial charge in [-0.15, -0.1) is 0 Å². The molecule has 0 bridgehead atoms. The predicted octanol–water partition coefficient (Wildman–Crippen LogP) is 1.26. The van der Waals surface area contributed by atoms with Gasteiger partial charge in [-0.2, -0.15) is 0 Å². The minimum atomic E-state index is -0.125. The molecule has 1 unspecified atom stereocenters. The van der Waals surface area contributed by atoms with Gasteiger partial charge in [0.2, 0.25) is 11.8 Å². The molecule has 19 heavy (non-hydrogen) atoms. The molecule has 0 aromatic rings. The van der Waals surface area contributed by atoms with E-state index in [4.69, 9.17) is 0 Å². The van der Waals surface area contributed by atoms with Gasteiger partial charge >= 0.3 is 0 Å². The summed E-state index contributed by atoms with van der Waals surface area (Å²) in [6.45, 7) is 1.98. The standard InChI is InChI=1S/C15H22N2O2/c18-14-9-16(15(19)13-2-1-7-17(13)14)8-12(10-3-4-10)11-5-6-11/h10-13H,1-9H2. The minimum Gasteiger partial charge on any atom is -0.331 e. The second kappa shape index (κ2) is 4.22. The predicted molar refractivity (Wildman–Crippen MR) is 70.3 cm³/mol. The van der Waals surface area contributed by atoms with Gasteiger partial charge in [0, 0.05) is 13.1 Å². The summed E-state index contributed by atoms with van der Waals surface area (Å²) in [5.74, 6) is 2.77. The number of fused-ring (bicyclic) bond motifs is 1. The van der Waals surface area contributed by atoms with Crippen LogP contribution in [0.4, 0.5) is 0 Å². The lowest BCUT2D eigenvalue weighted by atomic mass is 9.96. The van der Waals surface area contributed by atoms with E-state index in [0.29, 0.717) is 12.5 Å². The third-order valence-corrected chi connectivity index (χ3v) is 5.38. The van der Waals surface area contributed by atoms with Gasteiger partial charge in [0.1, 0.15) is 6.04 Å². The van der Waals surface area contributed by atoms with Crippen molar-refractivity contribution in [1.82, 2.24) is 9.80 Å². The first-order chi connectivity index (χ1) is 9.24. The molecule has 0 radical (unpaired) electrons. The van der Waals surface area contributed by atoms with Crippen molar-refractivity contribution < 1.29 is 9.59 Å². The average Bonchev–Trinajstić information content (AvgIpc) is 3.31. The Morgan fingerprint density at radius 3 is 2.37 bits per heavy atom. The highest BCUT2D eigenvalue weighted by Crippen LogP contribution is 2.49. The molecule has 2 aliphatic heterocycles. The molecule has 2 amide bonds. The summed E-state index contributed by atoms with van der Waals surface area (Å²) in [6, 6.07) is -0.125. The van der Waals surface area contributed by atoms with Crippen LogP contribution in [0.1, 0.15) is 38.5 Å². The Bertz CT molecular complexity index is 402. The number of nitrogens with zero attached hydrogens (tertiary/aromatic N) is 2. The zero-order valence-electron chi connectivity index (χ0n) is 11.4. The molecule has 2 saturated carbocycles. The van der Waals surface area contributed by atoms with Crippen LogP contribution in [0.15, 0.2) is 0 Å². The number of hydrogen-bond acceptors (Lipinski definition) is 2. The molecular formula is C15H22N2O2. The molecule has 0 spiro atoms. The average molecular weight is 262 g/mol. The number of amides is 2. The third kappa shape index (κ3) is 2.05. The third-order valence-electron chi connectivity index (χ3n) is 5.38. The summed E-state index contributed by atoms with van der Waals surface area (Å²) in [7, 11) is 0. The van der Waals surface area contributed by atoms with Gasteiger partial charge in [0.25, 0.3) is 0 Å². The zero-order valence-corrected chi connectivity index (χ0v) is 11.4. The molecule has 0 aromatic carbocycles. The first kappa shape index (κ1) is 11.7. The molecule has 4 heteroatoms. The summed E-state index contributed by atoms with van der Waals surface area (Å²) >= 11 is 0. The van der Waals surface area contributed by atoms with E-state index in [9.17, 15) is 9.59 Å². The van der Waals surface area contributed by atoms with Crippen molar-refractivity contribution in [3.63, 3.8) is 0 Å². The van der Waals surface area contributed by atoms with E-state index in [0.717, 1.165) is 37.8 Å². The van der Waals surface area contributed by atoms with Gasteiger partial charge in [0.15, 0.2) is 0 Å². The van der Waals surface area contributed by atoms with Crippen molar-refractivity contribution in [3.05, 3.63) is 0 Å². The molecule has 0 N–H and O–H groups in total. The highest BCUT2D eigenvalue weighted by molar-refractivity contribution is 5.95. The Kier molecular flexibility index (Phi) is 2.61. The Balaban J connectivity index is 1.47. The van der Waals surface area contributed by atoms with Gasteiger partial charge in [-0.05, 0) is 56.3 Å². The van der Waals surface area contributed by atoms with Crippen molar-refractivity contribution in [2.75, 3.05) is 19.6 Å². The number of rotatable bonds is 4. The summed E-state index contributed by atoms with van der Waals surface area (Å²) in [5.41, 5.74) is 0. The fourth-order valence-corrected chi connectivity index (χ4v) is 4.01. The Labute approximate surface area is 114 Å². The molecule has 2 heterocycles. The second-order valence-electron chi connectivity index (χ2n) is 6.80. The van der Waals surface area contributed by atoms with E-state index in [1.807, 2.05) is 9.80 Å². The molecular weight excluding hydrogens is 240 g/mol. The van der Waals surface area contributed by atoms with E-state index in [1.54, 1.807) is 0 Å². The minimum absolute atomic E-state index is 0.125. The molecule has 0 aromatic heterocycles. The van der Waals surface area contributed by atoms with Crippen LogP contribution >= 0.6 is 0 Å². The smallest absolute Gasteiger partial charge is 0.245 e. The van der Waals surface area contributed by atoms with E-state index >= 15 is 0 Å². The lowest BCUT2D eigenvalue weighted by molar-refractivity contribution is -0.154. The van der Waals surface area contributed by atoms with Gasteiger partial charge in [-0.25, -0.2) is 0 Å². The summed E-state index contributed by atoms with van der Waals surface area (Å²) in [5, 5.41) is 0. The van der Waals surface area contributed by atoms with E-state index in [1.165, 1.54) is 25.7 Å². The lowest BCUT2D eigenvalue weighted by Gasteiger charge is -2.38. The fourth-order valence-electron chi connectivity index (χ4n) is 4.01. The van der Waals surface area contributed by atoms with Crippen molar-refractivity contribution in [3.8, 4) is 0 Å². The Morgan fingerprint density at radius 1 is 1.05 bits per heavy atom. The van der Waals surface area contributed by atoms with Gasteiger partial charge < -0.3 is 9.80 Å². The van der Waals surface area contributed by atoms with Gasteiger partial charge in [0.05, 0.1) is 6.54 Å². The monoisotopic (exact) mass is 262 g/mol. The Hall–Kier alpha value is -1.06. The zero-order chi connectivity index (χ0) is 13.0. The number of hydrogen-bond donors (Lipinski definition) is 0. The highest BCUT2D eigenvalue weighted by atomic mass is 16.2. The number of carbonyl (C=O) groups is 2. The largest absolute Gasteiger partial charge is 0.331 e. The van der Waals surface area contributed by atoms with Gasteiger partial charge in [-0.1, -0.05) is 0 Å². The van der Waals surface area contributed by atoms with Crippen LogP contribution in [0.2, 0.25) is 0 Å². The summed E-state index contributed by atoms with van der Waals surface area (Å²) < 4.78 is 0. The van der Waals surface area contributed by atoms with Crippen LogP contribution in [-0.4, -0.2) is 47.3 Å². The number of piperazine rings is 1. The SMILES string of the molecule is O=C1C2CCCN2C(=O)CN1CC(C1CC1)C1CC1. The quantitative estimate of drug-likeness (QED) is 0.765. The molecule has 2 saturated heterocycles. The molecule has 4 fully saturated rings. The van der Waals surface area contributed by atoms with Crippen molar-refractivity contribution in [2.24, 2.45) is 17.8 Å². The van der Waals surface area contributed by atoms with Crippen LogP contribution in [0.3, 0.4) is 0 Å².